The minimum Gasteiger partial charge on any atom is -0.406 e. The molecule has 1 atom stereocenters. The van der Waals surface area contributed by atoms with Crippen molar-refractivity contribution >= 4 is 21.6 Å². The predicted molar refractivity (Wildman–Crippen MR) is 103 cm³/mol. The third-order valence-electron chi connectivity index (χ3n) is 4.58. The van der Waals surface area contributed by atoms with Crippen molar-refractivity contribution in [3.63, 3.8) is 0 Å². The maximum atomic E-state index is 12.8. The molecule has 3 rings (SSSR count). The zero-order valence-corrected chi connectivity index (χ0v) is 16.9. The highest BCUT2D eigenvalue weighted by molar-refractivity contribution is 7.89. The van der Waals surface area contributed by atoms with E-state index in [0.29, 0.717) is 11.6 Å². The molecule has 5 nitrogen and oxygen atoms in total. The molecule has 1 fully saturated rings. The maximum Gasteiger partial charge on any atom is 0.573 e. The molecule has 1 aliphatic rings. The molecule has 1 aliphatic heterocycles. The van der Waals surface area contributed by atoms with E-state index in [-0.39, 0.29) is 4.90 Å². The number of alkyl halides is 3. The summed E-state index contributed by atoms with van der Waals surface area (Å²) >= 11 is 5.94. The second-order valence-corrected chi connectivity index (χ2v) is 8.90. The molecule has 10 heteroatoms. The lowest BCUT2D eigenvalue weighted by molar-refractivity contribution is -0.274. The predicted octanol–water partition coefficient (Wildman–Crippen LogP) is 4.35. The Morgan fingerprint density at radius 3 is 2.17 bits per heavy atom. The highest BCUT2D eigenvalue weighted by atomic mass is 35.5. The molecule has 1 heterocycles. The Balaban J connectivity index is 1.80. The third-order valence-corrected chi connectivity index (χ3v) is 6.32. The first-order valence-corrected chi connectivity index (χ1v) is 10.8. The first-order chi connectivity index (χ1) is 13.6. The molecule has 2 aromatic rings. The third kappa shape index (κ3) is 6.33. The fourth-order valence-electron chi connectivity index (χ4n) is 3.20. The number of nitrogens with zero attached hydrogens (tertiary/aromatic N) is 1. The second kappa shape index (κ2) is 8.91. The number of ether oxygens (including phenoxy) is 1. The highest BCUT2D eigenvalue weighted by Gasteiger charge is 2.31. The van der Waals surface area contributed by atoms with Gasteiger partial charge >= 0.3 is 6.36 Å². The molecule has 0 aromatic heterocycles. The van der Waals surface area contributed by atoms with Crippen LogP contribution in [0.15, 0.2) is 53.4 Å². The van der Waals surface area contributed by atoms with Gasteiger partial charge in [-0.2, -0.15) is 0 Å². The van der Waals surface area contributed by atoms with E-state index in [4.69, 9.17) is 11.6 Å². The first-order valence-electron chi connectivity index (χ1n) is 8.98. The minimum atomic E-state index is -4.84. The Kier molecular flexibility index (Phi) is 6.72. The number of nitrogens with one attached hydrogen (secondary N) is 1. The molecule has 29 heavy (non-hydrogen) atoms. The molecule has 0 bridgehead atoms. The molecule has 0 amide bonds. The van der Waals surface area contributed by atoms with E-state index in [9.17, 15) is 21.6 Å². The summed E-state index contributed by atoms with van der Waals surface area (Å²) in [5, 5.41) is 0.539. The maximum absolute atomic E-state index is 12.8. The zero-order chi connectivity index (χ0) is 21.1. The summed E-state index contributed by atoms with van der Waals surface area (Å²) in [6, 6.07) is 10.5. The van der Waals surface area contributed by atoms with Crippen LogP contribution >= 0.6 is 11.6 Å². The lowest BCUT2D eigenvalue weighted by Gasteiger charge is -2.25. The molecule has 158 valence electrons. The molecule has 2 aromatic carbocycles. The van der Waals surface area contributed by atoms with Crippen molar-refractivity contribution in [2.24, 2.45) is 0 Å². The fraction of sp³-hybridized carbons (Fsp3) is 0.368. The Morgan fingerprint density at radius 1 is 1.03 bits per heavy atom. The molecule has 0 saturated carbocycles. The summed E-state index contributed by atoms with van der Waals surface area (Å²) in [6.45, 7) is 2.25. The molecular formula is C19H20ClF3N2O3S. The van der Waals surface area contributed by atoms with Crippen LogP contribution in [0.2, 0.25) is 5.02 Å². The van der Waals surface area contributed by atoms with Gasteiger partial charge in [0.25, 0.3) is 0 Å². The van der Waals surface area contributed by atoms with Gasteiger partial charge in [0, 0.05) is 11.6 Å². The van der Waals surface area contributed by atoms with E-state index >= 15 is 0 Å². The van der Waals surface area contributed by atoms with E-state index in [1.165, 1.54) is 0 Å². The van der Waals surface area contributed by atoms with Crippen molar-refractivity contribution in [2.45, 2.75) is 30.1 Å². The van der Waals surface area contributed by atoms with E-state index in [1.54, 1.807) is 24.3 Å². The van der Waals surface area contributed by atoms with Gasteiger partial charge in [0.05, 0.1) is 10.9 Å². The van der Waals surface area contributed by atoms with Crippen LogP contribution < -0.4 is 9.46 Å². The average Bonchev–Trinajstić information content (AvgIpc) is 3.14. The Morgan fingerprint density at radius 2 is 1.62 bits per heavy atom. The normalized spacial score (nSPS) is 16.7. The van der Waals surface area contributed by atoms with Gasteiger partial charge in [-0.15, -0.1) is 13.2 Å². The summed E-state index contributed by atoms with van der Waals surface area (Å²) in [6.07, 6.45) is -2.73. The van der Waals surface area contributed by atoms with Crippen LogP contribution in [-0.4, -0.2) is 39.3 Å². The highest BCUT2D eigenvalue weighted by Crippen LogP contribution is 2.26. The van der Waals surface area contributed by atoms with E-state index in [2.05, 4.69) is 14.4 Å². The van der Waals surface area contributed by atoms with Crippen molar-refractivity contribution in [2.75, 3.05) is 19.6 Å². The minimum absolute atomic E-state index is 0.146. The van der Waals surface area contributed by atoms with E-state index < -0.39 is 28.2 Å². The summed E-state index contributed by atoms with van der Waals surface area (Å²) in [5.41, 5.74) is 0.752. The molecule has 1 saturated heterocycles. The van der Waals surface area contributed by atoms with Crippen LogP contribution in [0.4, 0.5) is 13.2 Å². The fourth-order valence-corrected chi connectivity index (χ4v) is 4.55. The van der Waals surface area contributed by atoms with Gasteiger partial charge in [-0.1, -0.05) is 23.7 Å². The van der Waals surface area contributed by atoms with Crippen molar-refractivity contribution < 1.29 is 26.3 Å². The van der Waals surface area contributed by atoms with Crippen LogP contribution in [0.1, 0.15) is 24.4 Å². The van der Waals surface area contributed by atoms with Gasteiger partial charge in [0.1, 0.15) is 5.75 Å². The largest absolute Gasteiger partial charge is 0.573 e. The first kappa shape index (κ1) is 21.9. The van der Waals surface area contributed by atoms with Crippen molar-refractivity contribution in [1.82, 2.24) is 9.62 Å². The monoisotopic (exact) mass is 448 g/mol. The van der Waals surface area contributed by atoms with E-state index in [0.717, 1.165) is 55.8 Å². The molecule has 1 N–H and O–H groups in total. The van der Waals surface area contributed by atoms with Crippen LogP contribution in [0.25, 0.3) is 0 Å². The summed E-state index contributed by atoms with van der Waals surface area (Å²) in [4.78, 5) is 2.02. The van der Waals surface area contributed by atoms with Crippen LogP contribution in [0, 0.1) is 0 Å². The van der Waals surface area contributed by atoms with Gasteiger partial charge in [-0.05, 0) is 67.9 Å². The number of rotatable bonds is 7. The number of sulfonamides is 1. The van der Waals surface area contributed by atoms with Gasteiger partial charge in [0.15, 0.2) is 0 Å². The molecule has 0 spiro atoms. The molecule has 0 unspecified atom stereocenters. The van der Waals surface area contributed by atoms with Crippen LogP contribution in [0.3, 0.4) is 0 Å². The van der Waals surface area contributed by atoms with Gasteiger partial charge < -0.3 is 9.64 Å². The van der Waals surface area contributed by atoms with Gasteiger partial charge in [0.2, 0.25) is 10.0 Å². The van der Waals surface area contributed by atoms with Crippen molar-refractivity contribution in [1.29, 1.82) is 0 Å². The average molecular weight is 449 g/mol. The summed E-state index contributed by atoms with van der Waals surface area (Å²) in [7, 11) is -3.97. The number of hydrogen-bond donors (Lipinski definition) is 1. The lowest BCUT2D eigenvalue weighted by atomic mass is 10.1. The SMILES string of the molecule is O=S(=O)(N[C@H](CN1CCCC1)c1ccc(Cl)cc1)c1ccc(OC(F)(F)F)cc1. The smallest absolute Gasteiger partial charge is 0.406 e. The topological polar surface area (TPSA) is 58.6 Å². The van der Waals surface area contributed by atoms with Gasteiger partial charge in [-0.25, -0.2) is 13.1 Å². The van der Waals surface area contributed by atoms with E-state index in [1.807, 2.05) is 0 Å². The van der Waals surface area contributed by atoms with Crippen molar-refractivity contribution in [3.8, 4) is 5.75 Å². The molecule has 0 aliphatic carbocycles. The summed E-state index contributed by atoms with van der Waals surface area (Å²) in [5.74, 6) is -0.484. The standard InChI is InChI=1S/C19H20ClF3N2O3S/c20-15-5-3-14(4-6-15)18(13-25-11-1-2-12-25)24-29(26,27)17-9-7-16(8-10-17)28-19(21,22)23/h3-10,18,24H,1-2,11-13H2/t18-/m1/s1. The number of hydrogen-bond acceptors (Lipinski definition) is 4. The van der Waals surface area contributed by atoms with Crippen LogP contribution in [0.5, 0.6) is 5.75 Å². The van der Waals surface area contributed by atoms with Gasteiger partial charge in [-0.3, -0.25) is 0 Å². The lowest BCUT2D eigenvalue weighted by Crippen LogP contribution is -2.37. The number of halogens is 4. The van der Waals surface area contributed by atoms with Crippen molar-refractivity contribution in [3.05, 3.63) is 59.1 Å². The summed E-state index contributed by atoms with van der Waals surface area (Å²) < 4.78 is 69.0. The quantitative estimate of drug-likeness (QED) is 0.684. The number of likely N-dealkylation sites (tertiary alicyclic amines) is 1. The zero-order valence-electron chi connectivity index (χ0n) is 15.3. The Hall–Kier alpha value is -1.81. The second-order valence-electron chi connectivity index (χ2n) is 6.75. The van der Waals surface area contributed by atoms with Crippen LogP contribution in [-0.2, 0) is 10.0 Å². The molecular weight excluding hydrogens is 429 g/mol. The Labute approximate surface area is 172 Å². The number of benzene rings is 2. The molecule has 0 radical (unpaired) electrons. The Bertz CT molecular complexity index is 913.